The van der Waals surface area contributed by atoms with Gasteiger partial charge in [-0.25, -0.2) is 4.68 Å². The first-order valence-corrected chi connectivity index (χ1v) is 13.6. The fourth-order valence-corrected chi connectivity index (χ4v) is 7.65. The van der Waals surface area contributed by atoms with E-state index in [0.717, 1.165) is 49.5 Å². The number of nitrogens with one attached hydrogen (secondary N) is 2. The van der Waals surface area contributed by atoms with Gasteiger partial charge in [0.25, 0.3) is 5.91 Å². The maximum Gasteiger partial charge on any atom is 0.410 e. The molecule has 6 nitrogen and oxygen atoms in total. The number of fused-ring (bicyclic) bond motifs is 2. The van der Waals surface area contributed by atoms with Gasteiger partial charge < -0.3 is 10.6 Å². The number of carbonyl (C=O) groups excluding carboxylic acids is 1. The molecule has 0 aromatic carbocycles. The van der Waals surface area contributed by atoms with Crippen molar-refractivity contribution in [2.75, 3.05) is 10.6 Å². The summed E-state index contributed by atoms with van der Waals surface area (Å²) in [6, 6.07) is 3.25. The smallest absolute Gasteiger partial charge is 0.362 e. The molecule has 3 aromatic rings. The third-order valence-corrected chi connectivity index (χ3v) is 9.65. The van der Waals surface area contributed by atoms with Crippen LogP contribution < -0.4 is 10.6 Å². The van der Waals surface area contributed by atoms with Gasteiger partial charge in [-0.2, -0.15) is 23.5 Å². The van der Waals surface area contributed by atoms with E-state index in [9.17, 15) is 23.2 Å². The third-order valence-electron chi connectivity index (χ3n) is 5.96. The fourth-order valence-electron chi connectivity index (χ4n) is 4.37. The molecule has 0 unspecified atom stereocenters. The maximum atomic E-state index is 14.0. The number of carbonyl (C=O) groups is 1. The predicted molar refractivity (Wildman–Crippen MR) is 132 cm³/mol. The average Bonchev–Trinajstić information content (AvgIpc) is 3.47. The second-order valence-electron chi connectivity index (χ2n) is 8.07. The quantitative estimate of drug-likeness (QED) is 0.319. The van der Waals surface area contributed by atoms with E-state index >= 15 is 0 Å². The van der Waals surface area contributed by atoms with Crippen LogP contribution in [0, 0.1) is 11.3 Å². The van der Waals surface area contributed by atoms with Crippen molar-refractivity contribution in [1.29, 1.82) is 5.26 Å². The number of thiophene rings is 2. The highest BCUT2D eigenvalue weighted by Crippen LogP contribution is 2.47. The molecule has 0 radical (unpaired) electrons. The zero-order chi connectivity index (χ0) is 24.2. The molecular formula is C21H16Br2F3N5OS2. The van der Waals surface area contributed by atoms with Crippen molar-refractivity contribution in [3.8, 4) is 6.07 Å². The molecule has 5 rings (SSSR count). The largest absolute Gasteiger partial charge is 0.410 e. The summed E-state index contributed by atoms with van der Waals surface area (Å²) in [6.07, 6.45) is -1.16. The Bertz CT molecular complexity index is 1320. The lowest BCUT2D eigenvalue weighted by atomic mass is 9.96. The number of amides is 1. The lowest BCUT2D eigenvalue weighted by Crippen LogP contribution is -2.35. The Balaban J connectivity index is 1.49. The first-order valence-electron chi connectivity index (χ1n) is 10.4. The molecule has 2 N–H and O–H groups in total. The second-order valence-corrected chi connectivity index (χ2v) is 12.5. The topological polar surface area (TPSA) is 82.7 Å². The van der Waals surface area contributed by atoms with E-state index < -0.39 is 24.2 Å². The number of nitrogens with zero attached hydrogens (tertiary/aromatic N) is 3. The minimum atomic E-state index is -4.55. The SMILES string of the molecule is N#Cc1c(NC(=O)c2nn3c(c2Br)N[C@@H](c2ccc(Br)s2)C[C@@H]3C(F)(F)F)sc2c1CCCC2. The van der Waals surface area contributed by atoms with Crippen molar-refractivity contribution >= 4 is 71.3 Å². The normalized spacial score (nSPS) is 19.6. The van der Waals surface area contributed by atoms with Gasteiger partial charge in [0.15, 0.2) is 11.7 Å². The second kappa shape index (κ2) is 8.96. The van der Waals surface area contributed by atoms with Gasteiger partial charge in [-0.15, -0.1) is 22.7 Å². The van der Waals surface area contributed by atoms with Crippen LogP contribution in [0.3, 0.4) is 0 Å². The molecule has 0 fully saturated rings. The first-order chi connectivity index (χ1) is 16.2. The molecule has 0 bridgehead atoms. The van der Waals surface area contributed by atoms with Crippen LogP contribution in [0.5, 0.6) is 0 Å². The highest BCUT2D eigenvalue weighted by molar-refractivity contribution is 9.11. The Kier molecular flexibility index (Phi) is 6.29. The molecule has 3 aromatic heterocycles. The van der Waals surface area contributed by atoms with Crippen molar-refractivity contribution in [3.05, 3.63) is 47.0 Å². The van der Waals surface area contributed by atoms with Crippen molar-refractivity contribution in [3.63, 3.8) is 0 Å². The monoisotopic (exact) mass is 633 g/mol. The fraction of sp³-hybridized carbons (Fsp3) is 0.381. The van der Waals surface area contributed by atoms with Crippen LogP contribution in [-0.4, -0.2) is 21.9 Å². The molecule has 2 aliphatic rings. The summed E-state index contributed by atoms with van der Waals surface area (Å²) in [5.74, 6) is -0.568. The molecule has 1 aliphatic carbocycles. The van der Waals surface area contributed by atoms with Crippen LogP contribution in [0.1, 0.15) is 62.7 Å². The van der Waals surface area contributed by atoms with Crippen LogP contribution in [0.4, 0.5) is 24.0 Å². The Labute approximate surface area is 217 Å². The zero-order valence-electron chi connectivity index (χ0n) is 17.3. The van der Waals surface area contributed by atoms with E-state index in [-0.39, 0.29) is 22.4 Å². The zero-order valence-corrected chi connectivity index (χ0v) is 22.1. The van der Waals surface area contributed by atoms with Crippen molar-refractivity contribution in [2.45, 2.75) is 50.4 Å². The van der Waals surface area contributed by atoms with Crippen LogP contribution in [0.25, 0.3) is 0 Å². The Morgan fingerprint density at radius 1 is 1.26 bits per heavy atom. The number of anilines is 2. The summed E-state index contributed by atoms with van der Waals surface area (Å²) in [7, 11) is 0. The van der Waals surface area contributed by atoms with E-state index in [0.29, 0.717) is 10.6 Å². The van der Waals surface area contributed by atoms with Crippen LogP contribution in [0.15, 0.2) is 20.4 Å². The van der Waals surface area contributed by atoms with E-state index in [2.05, 4.69) is 53.7 Å². The summed E-state index contributed by atoms with van der Waals surface area (Å²) in [6.45, 7) is 0. The Hall–Kier alpha value is -1.88. The van der Waals surface area contributed by atoms with Crippen molar-refractivity contribution in [2.24, 2.45) is 0 Å². The molecule has 0 saturated carbocycles. The molecule has 1 amide bonds. The number of rotatable bonds is 3. The molecule has 178 valence electrons. The molecule has 0 spiro atoms. The molecule has 4 heterocycles. The molecular weight excluding hydrogens is 619 g/mol. The number of nitriles is 1. The van der Waals surface area contributed by atoms with Crippen molar-refractivity contribution in [1.82, 2.24) is 9.78 Å². The summed E-state index contributed by atoms with van der Waals surface area (Å²) in [5.41, 5.74) is 1.23. The highest BCUT2D eigenvalue weighted by Gasteiger charge is 2.48. The van der Waals surface area contributed by atoms with Gasteiger partial charge in [0, 0.05) is 16.2 Å². The standard InChI is InChI=1S/C21H16Br2F3N5OS2/c22-15-6-5-13(33-15)11-7-14(21(24,25)26)31-18(28-11)16(23)17(30-31)19(32)29-20-10(8-27)9-3-1-2-4-12(9)34-20/h5-6,11,14,28H,1-4,7H2,(H,29,32)/t11-,14-/m1/s1. The summed E-state index contributed by atoms with van der Waals surface area (Å²) >= 11 is 9.36. The minimum absolute atomic E-state index is 0.0965. The van der Waals surface area contributed by atoms with E-state index in [1.54, 1.807) is 12.1 Å². The number of halogens is 5. The molecule has 0 saturated heterocycles. The lowest BCUT2D eigenvalue weighted by Gasteiger charge is -2.33. The van der Waals surface area contributed by atoms with Crippen LogP contribution in [0.2, 0.25) is 0 Å². The Morgan fingerprint density at radius 3 is 2.71 bits per heavy atom. The summed E-state index contributed by atoms with van der Waals surface area (Å²) < 4.78 is 43.8. The van der Waals surface area contributed by atoms with Gasteiger partial charge in [-0.1, -0.05) is 0 Å². The molecule has 1 aliphatic heterocycles. The third kappa shape index (κ3) is 4.19. The van der Waals surface area contributed by atoms with Gasteiger partial charge in [0.2, 0.25) is 0 Å². The molecule has 13 heteroatoms. The first kappa shape index (κ1) is 23.8. The van der Waals surface area contributed by atoms with E-state index in [1.807, 2.05) is 0 Å². The van der Waals surface area contributed by atoms with Gasteiger partial charge in [-0.3, -0.25) is 4.79 Å². The summed E-state index contributed by atoms with van der Waals surface area (Å²) in [4.78, 5) is 14.9. The Morgan fingerprint density at radius 2 is 2.03 bits per heavy atom. The van der Waals surface area contributed by atoms with Crippen LogP contribution in [-0.2, 0) is 12.8 Å². The number of hydrogen-bond donors (Lipinski definition) is 2. The number of aromatic nitrogens is 2. The summed E-state index contributed by atoms with van der Waals surface area (Å²) in [5, 5.41) is 19.9. The van der Waals surface area contributed by atoms with Gasteiger partial charge in [0.05, 0.1) is 19.9 Å². The van der Waals surface area contributed by atoms with Crippen molar-refractivity contribution < 1.29 is 18.0 Å². The minimum Gasteiger partial charge on any atom is -0.362 e. The van der Waals surface area contributed by atoms with Crippen LogP contribution >= 0.6 is 54.5 Å². The number of hydrogen-bond acceptors (Lipinski definition) is 6. The van der Waals surface area contributed by atoms with Gasteiger partial charge in [-0.05, 0) is 75.2 Å². The number of alkyl halides is 3. The molecule has 2 atom stereocenters. The van der Waals surface area contributed by atoms with Gasteiger partial charge >= 0.3 is 6.18 Å². The van der Waals surface area contributed by atoms with E-state index in [4.69, 9.17) is 0 Å². The highest BCUT2D eigenvalue weighted by atomic mass is 79.9. The average molecular weight is 635 g/mol. The number of aryl methyl sites for hydroxylation is 1. The van der Waals surface area contributed by atoms with Gasteiger partial charge in [0.1, 0.15) is 16.9 Å². The maximum absolute atomic E-state index is 14.0. The lowest BCUT2D eigenvalue weighted by molar-refractivity contribution is -0.173. The molecule has 34 heavy (non-hydrogen) atoms. The van der Waals surface area contributed by atoms with E-state index in [1.165, 1.54) is 22.7 Å². The predicted octanol–water partition coefficient (Wildman–Crippen LogP) is 7.19.